The number of morpholine rings is 1. The summed E-state index contributed by atoms with van der Waals surface area (Å²) in [6.07, 6.45) is 1.82. The molecule has 0 spiro atoms. The van der Waals surface area contributed by atoms with Gasteiger partial charge < -0.3 is 4.74 Å². The van der Waals surface area contributed by atoms with Crippen molar-refractivity contribution in [1.29, 1.82) is 0 Å². The van der Waals surface area contributed by atoms with Gasteiger partial charge in [0, 0.05) is 30.6 Å². The highest BCUT2D eigenvalue weighted by Gasteiger charge is 2.14. The molecule has 1 saturated heterocycles. The number of pyridine rings is 1. The Kier molecular flexibility index (Phi) is 4.96. The lowest BCUT2D eigenvalue weighted by Crippen LogP contribution is -2.37. The molecule has 25 heavy (non-hydrogen) atoms. The fourth-order valence-electron chi connectivity index (χ4n) is 2.98. The summed E-state index contributed by atoms with van der Waals surface area (Å²) >= 11 is 1.55. The number of hydrogen-bond donors (Lipinski definition) is 1. The molecular formula is C18H21N5OS. The van der Waals surface area contributed by atoms with E-state index in [1.165, 1.54) is 5.56 Å². The van der Waals surface area contributed by atoms with Gasteiger partial charge in [-0.2, -0.15) is 5.10 Å². The molecule has 6 nitrogen and oxygen atoms in total. The van der Waals surface area contributed by atoms with Crippen LogP contribution in [0.25, 0.3) is 10.9 Å². The number of aromatic nitrogens is 1. The average molecular weight is 355 g/mol. The minimum atomic E-state index is 0.743. The topological polar surface area (TPSA) is 62.1 Å². The van der Waals surface area contributed by atoms with E-state index in [4.69, 9.17) is 9.72 Å². The lowest BCUT2D eigenvalue weighted by Gasteiger charge is -2.25. The zero-order chi connectivity index (χ0) is 17.1. The summed E-state index contributed by atoms with van der Waals surface area (Å²) in [6, 6.07) is 8.37. The zero-order valence-electron chi connectivity index (χ0n) is 14.2. The lowest BCUT2D eigenvalue weighted by molar-refractivity contribution is 0.0394. The van der Waals surface area contributed by atoms with E-state index < -0.39 is 0 Å². The summed E-state index contributed by atoms with van der Waals surface area (Å²) < 4.78 is 5.38. The van der Waals surface area contributed by atoms with Gasteiger partial charge in [-0.1, -0.05) is 18.2 Å². The van der Waals surface area contributed by atoms with Crippen LogP contribution in [0.15, 0.2) is 39.4 Å². The van der Waals surface area contributed by atoms with E-state index in [0.717, 1.165) is 66.1 Å². The quantitative estimate of drug-likeness (QED) is 0.915. The summed E-state index contributed by atoms with van der Waals surface area (Å²) in [6.45, 7) is 7.38. The van der Waals surface area contributed by atoms with Crippen LogP contribution in [0.3, 0.4) is 0 Å². The number of nitrogens with one attached hydrogen (secondary N) is 1. The van der Waals surface area contributed by atoms with Crippen molar-refractivity contribution < 1.29 is 4.74 Å². The van der Waals surface area contributed by atoms with E-state index in [1.54, 1.807) is 11.8 Å². The number of hydrogen-bond acceptors (Lipinski definition) is 6. The second kappa shape index (κ2) is 7.51. The van der Waals surface area contributed by atoms with Crippen LogP contribution in [-0.2, 0) is 4.74 Å². The summed E-state index contributed by atoms with van der Waals surface area (Å²) in [5.74, 6) is 0. The number of rotatable bonds is 3. The van der Waals surface area contributed by atoms with Crippen molar-refractivity contribution in [3.8, 4) is 0 Å². The van der Waals surface area contributed by atoms with Crippen molar-refractivity contribution >= 4 is 34.0 Å². The Hall–Kier alpha value is -1.96. The Bertz CT molecular complexity index is 830. The Morgan fingerprint density at radius 1 is 1.32 bits per heavy atom. The highest BCUT2D eigenvalue weighted by molar-refractivity contribution is 8.13. The Labute approximate surface area is 151 Å². The molecule has 3 heterocycles. The highest BCUT2D eigenvalue weighted by atomic mass is 32.2. The van der Waals surface area contributed by atoms with Crippen LogP contribution in [0.2, 0.25) is 0 Å². The van der Waals surface area contributed by atoms with E-state index in [1.807, 2.05) is 6.21 Å². The third-order valence-corrected chi connectivity index (χ3v) is 5.31. The molecular weight excluding hydrogens is 334 g/mol. The number of aryl methyl sites for hydroxylation is 1. The number of ether oxygens (including phenoxy) is 1. The number of aliphatic imine (C=N–C) groups is 1. The standard InChI is InChI=1S/C18H21N5OS/c1-13-3-2-4-14-11-15-12-20-22-18(25-17(15)21-16(13)14)19-5-6-23-7-9-24-10-8-23/h2-4,11-12H,5-10H2,1H3,(H,19,22). The molecule has 0 radical (unpaired) electrons. The fourth-order valence-corrected chi connectivity index (χ4v) is 3.78. The number of thioether (sulfide) groups is 1. The summed E-state index contributed by atoms with van der Waals surface area (Å²) in [5, 5.41) is 7.17. The van der Waals surface area contributed by atoms with Crippen LogP contribution >= 0.6 is 11.8 Å². The maximum Gasteiger partial charge on any atom is 0.183 e. The van der Waals surface area contributed by atoms with Crippen LogP contribution in [-0.4, -0.2) is 60.7 Å². The molecule has 2 aliphatic rings. The van der Waals surface area contributed by atoms with Crippen LogP contribution in [0.1, 0.15) is 11.1 Å². The van der Waals surface area contributed by atoms with Crippen molar-refractivity contribution in [2.75, 3.05) is 39.4 Å². The molecule has 0 saturated carbocycles. The van der Waals surface area contributed by atoms with Crippen molar-refractivity contribution in [3.05, 3.63) is 35.4 Å². The normalized spacial score (nSPS) is 19.6. The molecule has 0 amide bonds. The number of nitrogens with zero attached hydrogens (tertiary/aromatic N) is 4. The Morgan fingerprint density at radius 2 is 2.20 bits per heavy atom. The Morgan fingerprint density at radius 3 is 3.08 bits per heavy atom. The maximum absolute atomic E-state index is 5.38. The van der Waals surface area contributed by atoms with E-state index in [0.29, 0.717) is 0 Å². The first-order valence-corrected chi connectivity index (χ1v) is 9.33. The van der Waals surface area contributed by atoms with Gasteiger partial charge in [0.05, 0.1) is 31.5 Å². The minimum Gasteiger partial charge on any atom is -0.379 e. The number of benzene rings is 1. The molecule has 1 aromatic carbocycles. The molecule has 0 bridgehead atoms. The van der Waals surface area contributed by atoms with Gasteiger partial charge in [-0.3, -0.25) is 15.3 Å². The molecule has 0 aliphatic carbocycles. The molecule has 2 aliphatic heterocycles. The number of fused-ring (bicyclic) bond motifs is 2. The van der Waals surface area contributed by atoms with Gasteiger partial charge in [0.25, 0.3) is 0 Å². The van der Waals surface area contributed by atoms with Gasteiger partial charge in [-0.05, 0) is 30.3 Å². The third-order valence-electron chi connectivity index (χ3n) is 4.37. The first-order valence-electron chi connectivity index (χ1n) is 8.51. The molecule has 1 fully saturated rings. The largest absolute Gasteiger partial charge is 0.379 e. The van der Waals surface area contributed by atoms with Crippen LogP contribution < -0.4 is 5.43 Å². The first kappa shape index (κ1) is 16.5. The van der Waals surface area contributed by atoms with Crippen molar-refractivity contribution in [2.45, 2.75) is 11.9 Å². The summed E-state index contributed by atoms with van der Waals surface area (Å²) in [4.78, 5) is 11.9. The second-order valence-electron chi connectivity index (χ2n) is 6.14. The van der Waals surface area contributed by atoms with Crippen molar-refractivity contribution in [3.63, 3.8) is 0 Å². The first-order chi connectivity index (χ1) is 12.3. The van der Waals surface area contributed by atoms with E-state index in [2.05, 4.69) is 51.6 Å². The molecule has 2 aromatic rings. The molecule has 130 valence electrons. The smallest absolute Gasteiger partial charge is 0.183 e. The summed E-state index contributed by atoms with van der Waals surface area (Å²) in [7, 11) is 0. The minimum absolute atomic E-state index is 0.743. The molecule has 0 atom stereocenters. The van der Waals surface area contributed by atoms with Gasteiger partial charge in [0.1, 0.15) is 5.03 Å². The van der Waals surface area contributed by atoms with E-state index >= 15 is 0 Å². The predicted molar refractivity (Wildman–Crippen MR) is 103 cm³/mol. The highest BCUT2D eigenvalue weighted by Crippen LogP contribution is 2.27. The monoisotopic (exact) mass is 355 g/mol. The molecule has 0 unspecified atom stereocenters. The fraction of sp³-hybridized carbons (Fsp3) is 0.389. The third kappa shape index (κ3) is 3.84. The molecule has 1 aromatic heterocycles. The van der Waals surface area contributed by atoms with Gasteiger partial charge in [-0.25, -0.2) is 4.98 Å². The number of amidine groups is 1. The lowest BCUT2D eigenvalue weighted by atomic mass is 10.1. The van der Waals surface area contributed by atoms with Crippen LogP contribution in [0.4, 0.5) is 0 Å². The van der Waals surface area contributed by atoms with Crippen molar-refractivity contribution in [2.24, 2.45) is 10.1 Å². The number of para-hydroxylation sites is 1. The average Bonchev–Trinajstić information content (AvgIpc) is 2.83. The number of hydrazone groups is 1. The molecule has 4 rings (SSSR count). The maximum atomic E-state index is 5.38. The predicted octanol–water partition coefficient (Wildman–Crippen LogP) is 2.26. The van der Waals surface area contributed by atoms with Gasteiger partial charge in [-0.15, -0.1) is 0 Å². The Balaban J connectivity index is 1.51. The van der Waals surface area contributed by atoms with Crippen LogP contribution in [0.5, 0.6) is 0 Å². The second-order valence-corrected chi connectivity index (χ2v) is 7.12. The molecule has 7 heteroatoms. The molecule has 1 N–H and O–H groups in total. The van der Waals surface area contributed by atoms with Gasteiger partial charge in [0.15, 0.2) is 5.17 Å². The SMILES string of the molecule is Cc1cccc2cc3c(nc12)SC(=NCCN1CCOCC1)NN=C3. The van der Waals surface area contributed by atoms with E-state index in [9.17, 15) is 0 Å². The van der Waals surface area contributed by atoms with Crippen LogP contribution in [0, 0.1) is 6.92 Å². The zero-order valence-corrected chi connectivity index (χ0v) is 15.1. The van der Waals surface area contributed by atoms with E-state index in [-0.39, 0.29) is 0 Å². The van der Waals surface area contributed by atoms with Crippen molar-refractivity contribution in [1.82, 2.24) is 15.3 Å². The van der Waals surface area contributed by atoms with Gasteiger partial charge >= 0.3 is 0 Å². The van der Waals surface area contributed by atoms with Gasteiger partial charge in [0.2, 0.25) is 0 Å². The summed E-state index contributed by atoms with van der Waals surface area (Å²) in [5.41, 5.74) is 6.28.